The van der Waals surface area contributed by atoms with Gasteiger partial charge in [0.2, 0.25) is 5.91 Å². The number of hydrogen-bond acceptors (Lipinski definition) is 26. The highest BCUT2D eigenvalue weighted by Gasteiger charge is 2.57. The average Bonchev–Trinajstić information content (AvgIpc) is 3.23. The smallest absolute Gasteiger partial charge is 0.217 e. The second kappa shape index (κ2) is 21.4. The third-order valence-corrected chi connectivity index (χ3v) is 10.9. The van der Waals surface area contributed by atoms with Crippen LogP contribution in [-0.4, -0.2) is 276 Å². The molecule has 27 nitrogen and oxygen atoms in total. The fourth-order valence-electron chi connectivity index (χ4n) is 7.61. The Morgan fingerprint density at radius 3 is 1.20 bits per heavy atom. The fraction of sp³-hybridized carbons (Fsp3) is 0.970. The van der Waals surface area contributed by atoms with E-state index in [0.717, 1.165) is 6.92 Å². The predicted molar refractivity (Wildman–Crippen MR) is 183 cm³/mol. The zero-order valence-electron chi connectivity index (χ0n) is 32.2. The number of carbonyl (C=O) groups is 1. The van der Waals surface area contributed by atoms with Crippen LogP contribution in [0.3, 0.4) is 0 Å². The first-order valence-electron chi connectivity index (χ1n) is 19.0. The minimum atomic E-state index is -2.09. The van der Waals surface area contributed by atoms with E-state index in [-0.39, 0.29) is 0 Å². The lowest BCUT2D eigenvalue weighted by molar-refractivity contribution is -0.387. The van der Waals surface area contributed by atoms with Gasteiger partial charge < -0.3 is 129 Å². The van der Waals surface area contributed by atoms with Crippen molar-refractivity contribution in [2.24, 2.45) is 0 Å². The first kappa shape index (κ1) is 49.5. The van der Waals surface area contributed by atoms with Crippen LogP contribution in [0.25, 0.3) is 0 Å². The molecule has 0 aromatic rings. The molecule has 0 aromatic heterocycles. The molecule has 5 aliphatic rings. The average molecular weight is 884 g/mol. The first-order valence-corrected chi connectivity index (χ1v) is 19.0. The maximum Gasteiger partial charge on any atom is 0.217 e. The van der Waals surface area contributed by atoms with Gasteiger partial charge in [0.05, 0.1) is 33.0 Å². The maximum absolute atomic E-state index is 12.4. The molecule has 0 spiro atoms. The zero-order valence-corrected chi connectivity index (χ0v) is 32.2. The lowest BCUT2D eigenvalue weighted by atomic mass is 9.94. The Kier molecular flexibility index (Phi) is 17.7. The van der Waals surface area contributed by atoms with Gasteiger partial charge in [0.15, 0.2) is 31.5 Å². The second-order valence-electron chi connectivity index (χ2n) is 14.9. The number of rotatable bonds is 15. The first-order chi connectivity index (χ1) is 28.5. The number of aliphatic hydroxyl groups is 15. The molecule has 5 fully saturated rings. The topological polar surface area (TPSA) is 425 Å². The highest BCUT2D eigenvalue weighted by Crippen LogP contribution is 2.36. The number of carbonyl (C=O) groups excluding carboxylic acids is 1. The third-order valence-electron chi connectivity index (χ3n) is 10.9. The number of methoxy groups -OCH3 is 1. The summed E-state index contributed by atoms with van der Waals surface area (Å²) < 4.78 is 55.6. The van der Waals surface area contributed by atoms with Crippen molar-refractivity contribution >= 4 is 5.91 Å². The summed E-state index contributed by atoms with van der Waals surface area (Å²) in [6.45, 7) is -3.44. The standard InChI is InChI=1S/C33H57NO26/c1-8(40)34-14-18(44)25(57-32-24(50)28(17(43)11(5-37)53-32)60-31-21(47)19(45)15(41)9(3-35)52-31)12(6-38)55-29(14)59-27-16(42)10(4-36)54-33(23(27)49)58-26-13(7-39)56-30(51-2)22(48)20(26)46/h9-33,35-39,41-50H,3-7H2,1-2H3,(H,34,40)/t9-,10?,11-,12?,13-,14-,15-,16-,17-,18?,19?,20?,21?,22?,23-,24?,25+,26+,27?,28?,29-,30+,31+,32-,33-/m0/s1. The summed E-state index contributed by atoms with van der Waals surface area (Å²) in [6.07, 6.45) is -42.9. The molecule has 10 unspecified atom stereocenters. The monoisotopic (exact) mass is 883 g/mol. The molecule has 0 aliphatic carbocycles. The van der Waals surface area contributed by atoms with Gasteiger partial charge in [-0.2, -0.15) is 0 Å². The molecule has 0 bridgehead atoms. The van der Waals surface area contributed by atoms with Crippen LogP contribution in [0.1, 0.15) is 6.92 Å². The quantitative estimate of drug-likeness (QED) is 0.0726. The van der Waals surface area contributed by atoms with Crippen LogP contribution in [0, 0.1) is 0 Å². The van der Waals surface area contributed by atoms with E-state index in [0.29, 0.717) is 0 Å². The Hall–Kier alpha value is -1.53. The van der Waals surface area contributed by atoms with E-state index in [2.05, 4.69) is 5.32 Å². The SMILES string of the molecule is CO[C@@H]1O[C@@H](CO)[C@@H](O[C@@H]2OC(CO)[C@H](O)C(O[C@@H]3OC(CO)[C@@H](O[C@@H]4O[C@@H](CO)[C@H](O)C(O[C@H]5O[C@@H](CO)[C@H](O)C(O)C5O)C4O)C(O)[C@@H]3NC(C)=O)[C@@H]2O)C(O)C1O. The van der Waals surface area contributed by atoms with Crippen LogP contribution in [0.5, 0.6) is 0 Å². The molecule has 1 amide bonds. The molecule has 0 radical (unpaired) electrons. The normalized spacial score (nSPS) is 50.3. The molecule has 350 valence electrons. The molecule has 5 heterocycles. The molecule has 0 saturated carbocycles. The second-order valence-corrected chi connectivity index (χ2v) is 14.9. The Labute approximate surface area is 340 Å². The molecule has 0 aromatic carbocycles. The Bertz CT molecular complexity index is 1340. The zero-order chi connectivity index (χ0) is 44.3. The lowest BCUT2D eigenvalue weighted by Crippen LogP contribution is -2.70. The molecule has 16 N–H and O–H groups in total. The third kappa shape index (κ3) is 10.2. The maximum atomic E-state index is 12.4. The van der Waals surface area contributed by atoms with Gasteiger partial charge in [0, 0.05) is 14.0 Å². The van der Waals surface area contributed by atoms with Crippen molar-refractivity contribution in [3.8, 4) is 0 Å². The van der Waals surface area contributed by atoms with E-state index >= 15 is 0 Å². The number of amides is 1. The lowest BCUT2D eigenvalue weighted by Gasteiger charge is -2.50. The van der Waals surface area contributed by atoms with Crippen molar-refractivity contribution in [1.82, 2.24) is 5.32 Å². The molecular formula is C33H57NO26. The summed E-state index contributed by atoms with van der Waals surface area (Å²) in [5, 5.41) is 161. The van der Waals surface area contributed by atoms with E-state index in [1.165, 1.54) is 7.11 Å². The van der Waals surface area contributed by atoms with Gasteiger partial charge in [-0.05, 0) is 0 Å². The summed E-state index contributed by atoms with van der Waals surface area (Å²) in [6, 6.07) is -1.71. The number of nitrogens with one attached hydrogen (secondary N) is 1. The summed E-state index contributed by atoms with van der Waals surface area (Å²) in [5.74, 6) is -0.806. The van der Waals surface area contributed by atoms with E-state index in [1.54, 1.807) is 0 Å². The Morgan fingerprint density at radius 1 is 0.417 bits per heavy atom. The van der Waals surface area contributed by atoms with Gasteiger partial charge in [-0.1, -0.05) is 0 Å². The van der Waals surface area contributed by atoms with E-state index in [4.69, 9.17) is 47.4 Å². The molecular weight excluding hydrogens is 826 g/mol. The summed E-state index contributed by atoms with van der Waals surface area (Å²) >= 11 is 0. The molecule has 27 heteroatoms. The van der Waals surface area contributed by atoms with Crippen molar-refractivity contribution in [2.75, 3.05) is 40.1 Å². The molecule has 25 atom stereocenters. The van der Waals surface area contributed by atoms with Crippen molar-refractivity contribution in [3.63, 3.8) is 0 Å². The van der Waals surface area contributed by atoms with Gasteiger partial charge in [-0.3, -0.25) is 4.79 Å². The van der Waals surface area contributed by atoms with E-state index in [1.807, 2.05) is 0 Å². The van der Waals surface area contributed by atoms with Crippen LogP contribution in [0.4, 0.5) is 0 Å². The van der Waals surface area contributed by atoms with Gasteiger partial charge in [-0.15, -0.1) is 0 Å². The van der Waals surface area contributed by atoms with Crippen molar-refractivity contribution in [1.29, 1.82) is 0 Å². The van der Waals surface area contributed by atoms with Gasteiger partial charge >= 0.3 is 0 Å². The van der Waals surface area contributed by atoms with Crippen LogP contribution in [0.2, 0.25) is 0 Å². The van der Waals surface area contributed by atoms with E-state index < -0.39 is 192 Å². The largest absolute Gasteiger partial charge is 0.394 e. The molecule has 5 rings (SSSR count). The summed E-state index contributed by atoms with van der Waals surface area (Å²) in [4.78, 5) is 12.4. The number of hydrogen-bond donors (Lipinski definition) is 16. The van der Waals surface area contributed by atoms with Crippen molar-refractivity contribution in [2.45, 2.75) is 160 Å². The van der Waals surface area contributed by atoms with Crippen molar-refractivity contribution in [3.05, 3.63) is 0 Å². The fourth-order valence-corrected chi connectivity index (χ4v) is 7.61. The Balaban J connectivity index is 1.35. The van der Waals surface area contributed by atoms with Crippen molar-refractivity contribution < 1.29 is 129 Å². The molecule has 5 aliphatic heterocycles. The summed E-state index contributed by atoms with van der Waals surface area (Å²) in [5.41, 5.74) is 0. The van der Waals surface area contributed by atoms with Gasteiger partial charge in [0.25, 0.3) is 0 Å². The number of aliphatic hydroxyl groups excluding tert-OH is 15. The molecule has 5 saturated heterocycles. The van der Waals surface area contributed by atoms with E-state index in [9.17, 15) is 81.4 Å². The minimum absolute atomic E-state index is 0.781. The van der Waals surface area contributed by atoms with Gasteiger partial charge in [-0.25, -0.2) is 0 Å². The van der Waals surface area contributed by atoms with Crippen LogP contribution < -0.4 is 5.32 Å². The van der Waals surface area contributed by atoms with Gasteiger partial charge in [0.1, 0.15) is 122 Å². The molecule has 60 heavy (non-hydrogen) atoms. The highest BCUT2D eigenvalue weighted by atomic mass is 16.8. The van der Waals surface area contributed by atoms with Crippen LogP contribution >= 0.6 is 0 Å². The predicted octanol–water partition coefficient (Wildman–Crippen LogP) is -11.1. The van der Waals surface area contributed by atoms with Crippen LogP contribution in [0.15, 0.2) is 0 Å². The number of ether oxygens (including phenoxy) is 10. The van der Waals surface area contributed by atoms with Crippen LogP contribution in [-0.2, 0) is 52.2 Å². The highest BCUT2D eigenvalue weighted by molar-refractivity contribution is 5.73. The minimum Gasteiger partial charge on any atom is -0.394 e. The summed E-state index contributed by atoms with van der Waals surface area (Å²) in [7, 11) is 1.17. The Morgan fingerprint density at radius 2 is 0.767 bits per heavy atom.